The van der Waals surface area contributed by atoms with Gasteiger partial charge in [0.25, 0.3) is 5.56 Å². The summed E-state index contributed by atoms with van der Waals surface area (Å²) in [6.07, 6.45) is 2.53. The average molecular weight is 390 g/mol. The number of hydrogen-bond acceptors (Lipinski definition) is 4. The highest BCUT2D eigenvalue weighted by molar-refractivity contribution is 5.77. The number of likely N-dealkylation sites (tertiary alicyclic amines) is 1. The van der Waals surface area contributed by atoms with Crippen LogP contribution in [-0.2, 0) is 17.8 Å². The van der Waals surface area contributed by atoms with Gasteiger partial charge in [0.2, 0.25) is 5.91 Å². The molecule has 0 unspecified atom stereocenters. The number of hydrogen-bond donors (Lipinski definition) is 2. The number of benzene rings is 2. The lowest BCUT2D eigenvalue weighted by molar-refractivity contribution is -0.122. The predicted molar refractivity (Wildman–Crippen MR) is 114 cm³/mol. The fourth-order valence-electron chi connectivity index (χ4n) is 3.85. The molecule has 2 heterocycles. The Labute approximate surface area is 170 Å². The van der Waals surface area contributed by atoms with E-state index in [1.165, 1.54) is 5.56 Å². The van der Waals surface area contributed by atoms with E-state index in [-0.39, 0.29) is 23.9 Å². The lowest BCUT2D eigenvalue weighted by Gasteiger charge is -2.32. The van der Waals surface area contributed by atoms with Crippen LogP contribution < -0.4 is 10.9 Å². The number of aryl methyl sites for hydroxylation is 1. The van der Waals surface area contributed by atoms with Crippen molar-refractivity contribution in [1.29, 1.82) is 0 Å². The van der Waals surface area contributed by atoms with E-state index < -0.39 is 0 Å². The van der Waals surface area contributed by atoms with Gasteiger partial charge >= 0.3 is 0 Å². The highest BCUT2D eigenvalue weighted by Gasteiger charge is 2.20. The molecule has 1 amide bonds. The Bertz CT molecular complexity index is 1020. The maximum atomic E-state index is 12.4. The first-order chi connectivity index (χ1) is 14.2. The van der Waals surface area contributed by atoms with E-state index in [0.717, 1.165) is 38.0 Å². The topological polar surface area (TPSA) is 78.1 Å². The summed E-state index contributed by atoms with van der Waals surface area (Å²) in [5, 5.41) is 3.12. The lowest BCUT2D eigenvalue weighted by atomic mass is 10.0. The summed E-state index contributed by atoms with van der Waals surface area (Å²) in [7, 11) is 0. The number of fused-ring (bicyclic) bond motifs is 1. The first-order valence-electron chi connectivity index (χ1n) is 10.2. The van der Waals surface area contributed by atoms with Crippen LogP contribution in [-0.4, -0.2) is 39.9 Å². The molecule has 1 aromatic heterocycles. The van der Waals surface area contributed by atoms with Gasteiger partial charge in [-0.05, 0) is 30.5 Å². The third-order valence-electron chi connectivity index (χ3n) is 5.46. The quantitative estimate of drug-likeness (QED) is 0.678. The molecule has 0 atom stereocenters. The summed E-state index contributed by atoms with van der Waals surface area (Å²) in [5.41, 5.74) is 2.98. The van der Waals surface area contributed by atoms with Crippen LogP contribution in [0.3, 0.4) is 0 Å². The minimum Gasteiger partial charge on any atom is -0.353 e. The minimum absolute atomic E-state index is 0.0131. The fraction of sp³-hybridized carbons (Fsp3) is 0.348. The van der Waals surface area contributed by atoms with Crippen molar-refractivity contribution in [3.63, 3.8) is 0 Å². The zero-order chi connectivity index (χ0) is 20.1. The molecule has 1 fully saturated rings. The summed E-state index contributed by atoms with van der Waals surface area (Å²) in [6.45, 7) is 2.91. The smallest absolute Gasteiger partial charge is 0.270 e. The highest BCUT2D eigenvalue weighted by atomic mass is 16.1. The van der Waals surface area contributed by atoms with Gasteiger partial charge in [0.1, 0.15) is 5.69 Å². The minimum atomic E-state index is -0.217. The van der Waals surface area contributed by atoms with Crippen LogP contribution in [0.2, 0.25) is 0 Å². The van der Waals surface area contributed by atoms with Gasteiger partial charge < -0.3 is 10.3 Å². The number of piperidine rings is 1. The summed E-state index contributed by atoms with van der Waals surface area (Å²) >= 11 is 0. The molecule has 29 heavy (non-hydrogen) atoms. The second-order valence-electron chi connectivity index (χ2n) is 7.63. The Hall–Kier alpha value is -2.99. The van der Waals surface area contributed by atoms with E-state index in [9.17, 15) is 9.59 Å². The number of carbonyl (C=O) groups is 1. The third kappa shape index (κ3) is 5.09. The monoisotopic (exact) mass is 390 g/mol. The molecule has 150 valence electrons. The zero-order valence-corrected chi connectivity index (χ0v) is 16.4. The number of aromatic amines is 1. The first-order valence-corrected chi connectivity index (χ1v) is 10.2. The van der Waals surface area contributed by atoms with Crippen molar-refractivity contribution >= 4 is 16.9 Å². The molecular weight excluding hydrogens is 364 g/mol. The largest absolute Gasteiger partial charge is 0.353 e. The second-order valence-corrected chi connectivity index (χ2v) is 7.63. The molecule has 0 radical (unpaired) electrons. The maximum absolute atomic E-state index is 12.4. The molecule has 0 bridgehead atoms. The van der Waals surface area contributed by atoms with Crippen molar-refractivity contribution in [2.75, 3.05) is 13.1 Å². The number of amides is 1. The van der Waals surface area contributed by atoms with E-state index in [1.807, 2.05) is 30.3 Å². The second kappa shape index (κ2) is 9.01. The van der Waals surface area contributed by atoms with E-state index in [1.54, 1.807) is 0 Å². The molecule has 6 nitrogen and oxygen atoms in total. The van der Waals surface area contributed by atoms with Crippen LogP contribution in [0.15, 0.2) is 59.4 Å². The molecule has 1 aliphatic rings. The molecule has 2 aromatic carbocycles. The summed E-state index contributed by atoms with van der Waals surface area (Å²) < 4.78 is 0. The molecule has 0 saturated carbocycles. The van der Waals surface area contributed by atoms with Crippen molar-refractivity contribution in [2.24, 2.45) is 0 Å². The number of para-hydroxylation sites is 2. The Kier molecular flexibility index (Phi) is 6.00. The van der Waals surface area contributed by atoms with Crippen LogP contribution in [0.25, 0.3) is 11.0 Å². The number of nitrogens with zero attached hydrogens (tertiary/aromatic N) is 2. The molecule has 1 aliphatic heterocycles. The first kappa shape index (κ1) is 19.3. The van der Waals surface area contributed by atoms with Crippen LogP contribution in [0.1, 0.15) is 30.5 Å². The highest BCUT2D eigenvalue weighted by Crippen LogP contribution is 2.14. The fourth-order valence-corrected chi connectivity index (χ4v) is 3.85. The predicted octanol–water partition coefficient (Wildman–Crippen LogP) is 2.64. The van der Waals surface area contributed by atoms with Gasteiger partial charge in [-0.3, -0.25) is 14.5 Å². The van der Waals surface area contributed by atoms with Gasteiger partial charge in [-0.2, -0.15) is 0 Å². The van der Waals surface area contributed by atoms with Gasteiger partial charge in [0.15, 0.2) is 0 Å². The summed E-state index contributed by atoms with van der Waals surface area (Å²) in [5.74, 6) is -0.0131. The Morgan fingerprint density at radius 3 is 2.59 bits per heavy atom. The Balaban J connectivity index is 1.24. The molecule has 0 aliphatic carbocycles. The van der Waals surface area contributed by atoms with Gasteiger partial charge in [0, 0.05) is 38.5 Å². The van der Waals surface area contributed by atoms with E-state index in [4.69, 9.17) is 0 Å². The van der Waals surface area contributed by atoms with Crippen LogP contribution in [0, 0.1) is 0 Å². The van der Waals surface area contributed by atoms with Crippen molar-refractivity contribution in [3.05, 3.63) is 76.2 Å². The van der Waals surface area contributed by atoms with Gasteiger partial charge in [0.05, 0.1) is 11.0 Å². The molecular formula is C23H26N4O2. The van der Waals surface area contributed by atoms with E-state index >= 15 is 0 Å². The number of rotatable bonds is 6. The summed E-state index contributed by atoms with van der Waals surface area (Å²) in [4.78, 5) is 34.2. The van der Waals surface area contributed by atoms with Crippen LogP contribution >= 0.6 is 0 Å². The molecule has 4 rings (SSSR count). The van der Waals surface area contributed by atoms with Crippen molar-refractivity contribution in [3.8, 4) is 0 Å². The van der Waals surface area contributed by atoms with E-state index in [0.29, 0.717) is 17.6 Å². The maximum Gasteiger partial charge on any atom is 0.270 e. The number of H-pyrrole nitrogens is 1. The SMILES string of the molecule is O=C(CCc1nc2ccccc2[nH]c1=O)NC1CCN(Cc2ccccc2)CC1. The van der Waals surface area contributed by atoms with E-state index in [2.05, 4.69) is 44.5 Å². The normalized spacial score (nSPS) is 15.4. The third-order valence-corrected chi connectivity index (χ3v) is 5.46. The standard InChI is InChI=1S/C23H26N4O2/c28-22(11-10-21-23(29)26-20-9-5-4-8-19(20)25-21)24-18-12-14-27(15-13-18)16-17-6-2-1-3-7-17/h1-9,18H,10-16H2,(H,24,28)(H,26,29). The Morgan fingerprint density at radius 2 is 1.79 bits per heavy atom. The average Bonchev–Trinajstić information content (AvgIpc) is 2.74. The van der Waals surface area contributed by atoms with Gasteiger partial charge in [-0.15, -0.1) is 0 Å². The van der Waals surface area contributed by atoms with Crippen molar-refractivity contribution in [1.82, 2.24) is 20.2 Å². The van der Waals surface area contributed by atoms with Crippen LogP contribution in [0.4, 0.5) is 0 Å². The van der Waals surface area contributed by atoms with Crippen LogP contribution in [0.5, 0.6) is 0 Å². The van der Waals surface area contributed by atoms with Crippen molar-refractivity contribution in [2.45, 2.75) is 38.3 Å². The number of aromatic nitrogens is 2. The van der Waals surface area contributed by atoms with Crippen molar-refractivity contribution < 1.29 is 4.79 Å². The lowest BCUT2D eigenvalue weighted by Crippen LogP contribution is -2.44. The molecule has 0 spiro atoms. The van der Waals surface area contributed by atoms with Gasteiger partial charge in [-0.1, -0.05) is 42.5 Å². The zero-order valence-electron chi connectivity index (χ0n) is 16.4. The van der Waals surface area contributed by atoms with Gasteiger partial charge in [-0.25, -0.2) is 4.98 Å². The number of carbonyl (C=O) groups excluding carboxylic acids is 1. The molecule has 1 saturated heterocycles. The Morgan fingerprint density at radius 1 is 1.07 bits per heavy atom. The molecule has 6 heteroatoms. The molecule has 2 N–H and O–H groups in total. The molecule has 3 aromatic rings. The summed E-state index contributed by atoms with van der Waals surface area (Å²) in [6, 6.07) is 18.1. The number of nitrogens with one attached hydrogen (secondary N) is 2.